The number of primary amides is 1. The van der Waals surface area contributed by atoms with Crippen LogP contribution in [0.1, 0.15) is 60.3 Å². The van der Waals surface area contributed by atoms with Crippen LogP contribution in [0.5, 0.6) is 0 Å². The summed E-state index contributed by atoms with van der Waals surface area (Å²) in [4.78, 5) is 30.7. The third-order valence-electron chi connectivity index (χ3n) is 6.34. The van der Waals surface area contributed by atoms with Crippen LogP contribution in [0.4, 0.5) is 0 Å². The van der Waals surface area contributed by atoms with E-state index in [-0.39, 0.29) is 17.7 Å². The number of carbonyl (C=O) groups is 2. The lowest BCUT2D eigenvalue weighted by Gasteiger charge is -2.29. The van der Waals surface area contributed by atoms with E-state index in [1.165, 1.54) is 12.8 Å². The number of oxazole rings is 1. The molecular formula is C23H30N4O3. The Morgan fingerprint density at radius 1 is 1.13 bits per heavy atom. The molecule has 2 aromatic rings. The second kappa shape index (κ2) is 9.00. The predicted octanol–water partition coefficient (Wildman–Crippen LogP) is 3.02. The number of benzene rings is 1. The fraction of sp³-hybridized carbons (Fsp3) is 0.522. The zero-order valence-electron chi connectivity index (χ0n) is 17.5. The second-order valence-corrected chi connectivity index (χ2v) is 8.51. The van der Waals surface area contributed by atoms with Crippen molar-refractivity contribution in [2.75, 3.05) is 13.1 Å². The van der Waals surface area contributed by atoms with Crippen molar-refractivity contribution in [1.29, 1.82) is 0 Å². The molecular weight excluding hydrogens is 380 g/mol. The maximum atomic E-state index is 12.4. The van der Waals surface area contributed by atoms with Crippen LogP contribution in [0.15, 0.2) is 28.7 Å². The summed E-state index contributed by atoms with van der Waals surface area (Å²) in [6.45, 7) is 4.29. The number of aromatic nitrogens is 1. The molecule has 7 heteroatoms. The number of nitrogens with zero attached hydrogens (tertiary/aromatic N) is 2. The van der Waals surface area contributed by atoms with Crippen molar-refractivity contribution in [1.82, 2.24) is 15.2 Å². The first kappa shape index (κ1) is 20.6. The van der Waals surface area contributed by atoms with Gasteiger partial charge < -0.3 is 15.5 Å². The number of piperidine rings is 1. The Morgan fingerprint density at radius 3 is 2.43 bits per heavy atom. The van der Waals surface area contributed by atoms with Crippen molar-refractivity contribution >= 4 is 11.8 Å². The molecule has 30 heavy (non-hydrogen) atoms. The molecule has 0 atom stereocenters. The number of amides is 2. The molecule has 2 fully saturated rings. The number of nitrogens with one attached hydrogen (secondary N) is 1. The topological polar surface area (TPSA) is 101 Å². The van der Waals surface area contributed by atoms with Gasteiger partial charge in [0.25, 0.3) is 5.91 Å². The minimum absolute atomic E-state index is 0.0143. The highest BCUT2D eigenvalue weighted by molar-refractivity contribution is 5.94. The van der Waals surface area contributed by atoms with Gasteiger partial charge >= 0.3 is 0 Å². The quantitative estimate of drug-likeness (QED) is 0.762. The van der Waals surface area contributed by atoms with E-state index >= 15 is 0 Å². The van der Waals surface area contributed by atoms with E-state index in [9.17, 15) is 9.59 Å². The number of carbonyl (C=O) groups excluding carboxylic acids is 2. The van der Waals surface area contributed by atoms with Crippen LogP contribution in [0.2, 0.25) is 0 Å². The number of hydrogen-bond acceptors (Lipinski definition) is 5. The Hall–Kier alpha value is -2.67. The summed E-state index contributed by atoms with van der Waals surface area (Å²) in [5, 5.41) is 3.11. The van der Waals surface area contributed by atoms with Crippen LogP contribution in [-0.4, -0.2) is 40.8 Å². The normalized spacial score (nSPS) is 18.6. The molecule has 0 spiro atoms. The summed E-state index contributed by atoms with van der Waals surface area (Å²) in [7, 11) is 0. The average molecular weight is 411 g/mol. The van der Waals surface area contributed by atoms with Gasteiger partial charge in [0.2, 0.25) is 11.8 Å². The van der Waals surface area contributed by atoms with Crippen molar-refractivity contribution in [2.45, 2.75) is 58.0 Å². The van der Waals surface area contributed by atoms with Crippen molar-refractivity contribution in [3.63, 3.8) is 0 Å². The second-order valence-electron chi connectivity index (χ2n) is 8.51. The maximum Gasteiger partial charge on any atom is 0.251 e. The lowest BCUT2D eigenvalue weighted by atomic mass is 9.96. The standard InChI is InChI=1S/C23H30N4O3/c1-15-20(14-27-12-10-16(11-13-27)21(24)28)26-23(30-15)18-8-6-17(7-9-18)22(29)25-19-4-2-3-5-19/h6-9,16,19H,2-5,10-14H2,1H3,(H2,24,28)(H,25,29). The Kier molecular flexibility index (Phi) is 6.18. The third kappa shape index (κ3) is 4.73. The maximum absolute atomic E-state index is 12.4. The first-order valence-electron chi connectivity index (χ1n) is 10.9. The van der Waals surface area contributed by atoms with Gasteiger partial charge in [0.05, 0.1) is 5.69 Å². The van der Waals surface area contributed by atoms with Crippen LogP contribution in [0.25, 0.3) is 11.5 Å². The summed E-state index contributed by atoms with van der Waals surface area (Å²) in [6, 6.07) is 7.73. The zero-order valence-corrected chi connectivity index (χ0v) is 17.5. The van der Waals surface area contributed by atoms with E-state index in [0.29, 0.717) is 24.0 Å². The first-order chi connectivity index (χ1) is 14.5. The SMILES string of the molecule is Cc1oc(-c2ccc(C(=O)NC3CCCC3)cc2)nc1CN1CCC(C(N)=O)CC1. The number of aryl methyl sites for hydroxylation is 1. The fourth-order valence-corrected chi connectivity index (χ4v) is 4.39. The molecule has 1 saturated heterocycles. The summed E-state index contributed by atoms with van der Waals surface area (Å²) in [5.41, 5.74) is 7.84. The molecule has 7 nitrogen and oxygen atoms in total. The van der Waals surface area contributed by atoms with Crippen LogP contribution in [0, 0.1) is 12.8 Å². The number of nitrogens with two attached hydrogens (primary N) is 1. The van der Waals surface area contributed by atoms with Crippen molar-refractivity contribution in [3.05, 3.63) is 41.3 Å². The van der Waals surface area contributed by atoms with E-state index in [1.54, 1.807) is 0 Å². The van der Waals surface area contributed by atoms with Gasteiger partial charge in [0.1, 0.15) is 5.76 Å². The fourth-order valence-electron chi connectivity index (χ4n) is 4.39. The monoisotopic (exact) mass is 410 g/mol. The van der Waals surface area contributed by atoms with Gasteiger partial charge in [0.15, 0.2) is 0 Å². The average Bonchev–Trinajstić information content (AvgIpc) is 3.38. The Bertz CT molecular complexity index is 892. The van der Waals surface area contributed by atoms with Crippen molar-refractivity contribution < 1.29 is 14.0 Å². The molecule has 160 valence electrons. The molecule has 1 aliphatic carbocycles. The minimum atomic E-state index is -0.199. The van der Waals surface area contributed by atoms with Crippen LogP contribution < -0.4 is 11.1 Å². The van der Waals surface area contributed by atoms with E-state index in [1.807, 2.05) is 31.2 Å². The molecule has 2 aliphatic rings. The summed E-state index contributed by atoms with van der Waals surface area (Å²) >= 11 is 0. The van der Waals surface area contributed by atoms with Gasteiger partial charge in [-0.25, -0.2) is 4.98 Å². The third-order valence-corrected chi connectivity index (χ3v) is 6.34. The van der Waals surface area contributed by atoms with Crippen LogP contribution in [0.3, 0.4) is 0 Å². The van der Waals surface area contributed by atoms with Gasteiger partial charge in [-0.05, 0) is 70.0 Å². The highest BCUT2D eigenvalue weighted by Crippen LogP contribution is 2.25. The summed E-state index contributed by atoms with van der Waals surface area (Å²) in [6.07, 6.45) is 6.12. The molecule has 1 saturated carbocycles. The lowest BCUT2D eigenvalue weighted by molar-refractivity contribution is -0.123. The van der Waals surface area contributed by atoms with Gasteiger partial charge in [-0.1, -0.05) is 12.8 Å². The smallest absolute Gasteiger partial charge is 0.251 e. The Labute approximate surface area is 177 Å². The van der Waals surface area contributed by atoms with Gasteiger partial charge in [-0.15, -0.1) is 0 Å². The highest BCUT2D eigenvalue weighted by Gasteiger charge is 2.24. The van der Waals surface area contributed by atoms with Crippen molar-refractivity contribution in [3.8, 4) is 11.5 Å². The molecule has 2 amide bonds. The zero-order chi connectivity index (χ0) is 21.1. The molecule has 1 aromatic heterocycles. The Morgan fingerprint density at radius 2 is 1.80 bits per heavy atom. The van der Waals surface area contributed by atoms with Crippen LogP contribution >= 0.6 is 0 Å². The number of likely N-dealkylation sites (tertiary alicyclic amines) is 1. The molecule has 1 aliphatic heterocycles. The summed E-state index contributed by atoms with van der Waals surface area (Å²) < 4.78 is 5.90. The lowest BCUT2D eigenvalue weighted by Crippen LogP contribution is -2.38. The summed E-state index contributed by atoms with van der Waals surface area (Å²) in [5.74, 6) is 1.13. The highest BCUT2D eigenvalue weighted by atomic mass is 16.4. The van der Waals surface area contributed by atoms with Gasteiger partial charge in [0, 0.05) is 29.6 Å². The predicted molar refractivity (Wildman–Crippen MR) is 114 cm³/mol. The molecule has 0 radical (unpaired) electrons. The Balaban J connectivity index is 1.38. The molecule has 2 heterocycles. The molecule has 4 rings (SSSR count). The van der Waals surface area contributed by atoms with Crippen molar-refractivity contribution in [2.24, 2.45) is 11.7 Å². The molecule has 0 unspecified atom stereocenters. The van der Waals surface area contributed by atoms with Gasteiger partial charge in [-0.3, -0.25) is 14.5 Å². The van der Waals surface area contributed by atoms with Gasteiger partial charge in [-0.2, -0.15) is 0 Å². The molecule has 3 N–H and O–H groups in total. The molecule has 0 bridgehead atoms. The number of hydrogen-bond donors (Lipinski definition) is 2. The van der Waals surface area contributed by atoms with E-state index in [0.717, 1.165) is 55.8 Å². The van der Waals surface area contributed by atoms with E-state index in [4.69, 9.17) is 10.2 Å². The minimum Gasteiger partial charge on any atom is -0.441 e. The largest absolute Gasteiger partial charge is 0.441 e. The van der Waals surface area contributed by atoms with E-state index in [2.05, 4.69) is 15.2 Å². The number of rotatable bonds is 6. The first-order valence-corrected chi connectivity index (χ1v) is 10.9. The van der Waals surface area contributed by atoms with Crippen LogP contribution in [-0.2, 0) is 11.3 Å². The van der Waals surface area contributed by atoms with E-state index < -0.39 is 0 Å². The molecule has 1 aromatic carbocycles.